The Bertz CT molecular complexity index is 1150. The fourth-order valence-electron chi connectivity index (χ4n) is 3.39. The fourth-order valence-corrected chi connectivity index (χ4v) is 5.05. The standard InChI is InChI=1S/C24H22N2OS2/c1-16(20-12-7-9-18-8-3-4-10-21(18)20)25-24(27)22-11-5-6-13-23(22)29-15-19-14-28-17(2)26-19/h3-14,16H,15H2,1-2H3,(H,25,27). The summed E-state index contributed by atoms with van der Waals surface area (Å²) in [6, 6.07) is 22.2. The molecule has 1 atom stereocenters. The smallest absolute Gasteiger partial charge is 0.252 e. The second-order valence-corrected chi connectivity index (χ2v) is 8.99. The van der Waals surface area contributed by atoms with Gasteiger partial charge >= 0.3 is 0 Å². The van der Waals surface area contributed by atoms with Crippen molar-refractivity contribution in [3.63, 3.8) is 0 Å². The van der Waals surface area contributed by atoms with Crippen LogP contribution in [0.25, 0.3) is 10.8 Å². The molecule has 1 N–H and O–H groups in total. The number of aryl methyl sites for hydroxylation is 1. The minimum Gasteiger partial charge on any atom is -0.345 e. The second kappa shape index (κ2) is 8.80. The zero-order valence-electron chi connectivity index (χ0n) is 16.4. The SMILES string of the molecule is Cc1nc(CSc2ccccc2C(=O)NC(C)c2cccc3ccccc23)cs1. The third kappa shape index (κ3) is 4.52. The molecule has 0 bridgehead atoms. The molecule has 0 radical (unpaired) electrons. The Morgan fingerprint density at radius 3 is 2.66 bits per heavy atom. The number of hydrogen-bond donors (Lipinski definition) is 1. The van der Waals surface area contributed by atoms with Crippen LogP contribution in [0.4, 0.5) is 0 Å². The lowest BCUT2D eigenvalue weighted by Crippen LogP contribution is -2.27. The van der Waals surface area contributed by atoms with E-state index in [1.165, 1.54) is 10.8 Å². The largest absolute Gasteiger partial charge is 0.345 e. The highest BCUT2D eigenvalue weighted by atomic mass is 32.2. The third-order valence-electron chi connectivity index (χ3n) is 4.81. The summed E-state index contributed by atoms with van der Waals surface area (Å²) >= 11 is 3.30. The Balaban J connectivity index is 1.52. The number of amides is 1. The van der Waals surface area contributed by atoms with Gasteiger partial charge in [0.2, 0.25) is 0 Å². The van der Waals surface area contributed by atoms with E-state index in [2.05, 4.69) is 39.9 Å². The number of hydrogen-bond acceptors (Lipinski definition) is 4. The highest BCUT2D eigenvalue weighted by Crippen LogP contribution is 2.28. The molecule has 0 spiro atoms. The van der Waals surface area contributed by atoms with E-state index in [1.54, 1.807) is 23.1 Å². The normalized spacial score (nSPS) is 12.1. The molecule has 0 fully saturated rings. The van der Waals surface area contributed by atoms with Gasteiger partial charge in [0.15, 0.2) is 0 Å². The minimum absolute atomic E-state index is 0.0528. The van der Waals surface area contributed by atoms with Crippen molar-refractivity contribution in [2.24, 2.45) is 0 Å². The number of carbonyl (C=O) groups excluding carboxylic acids is 1. The van der Waals surface area contributed by atoms with Gasteiger partial charge in [0, 0.05) is 16.0 Å². The number of carbonyl (C=O) groups is 1. The molecule has 29 heavy (non-hydrogen) atoms. The average molecular weight is 419 g/mol. The quantitative estimate of drug-likeness (QED) is 0.369. The first-order valence-electron chi connectivity index (χ1n) is 9.53. The second-order valence-electron chi connectivity index (χ2n) is 6.91. The number of thioether (sulfide) groups is 1. The summed E-state index contributed by atoms with van der Waals surface area (Å²) in [5.74, 6) is 0.705. The Kier molecular flexibility index (Phi) is 5.97. The lowest BCUT2D eigenvalue weighted by Gasteiger charge is -2.18. The molecular weight excluding hydrogens is 396 g/mol. The van der Waals surface area contributed by atoms with Crippen molar-refractivity contribution in [3.8, 4) is 0 Å². The lowest BCUT2D eigenvalue weighted by molar-refractivity contribution is 0.0937. The summed E-state index contributed by atoms with van der Waals surface area (Å²) in [7, 11) is 0. The van der Waals surface area contributed by atoms with Gasteiger partial charge in [0.05, 0.1) is 22.3 Å². The monoisotopic (exact) mass is 418 g/mol. The van der Waals surface area contributed by atoms with Gasteiger partial charge in [0.25, 0.3) is 5.91 Å². The van der Waals surface area contributed by atoms with Crippen molar-refractivity contribution in [2.45, 2.75) is 30.5 Å². The number of rotatable bonds is 6. The van der Waals surface area contributed by atoms with Gasteiger partial charge in [-0.2, -0.15) is 0 Å². The van der Waals surface area contributed by atoms with Crippen LogP contribution >= 0.6 is 23.1 Å². The van der Waals surface area contributed by atoms with Crippen molar-refractivity contribution in [1.29, 1.82) is 0 Å². The molecule has 3 nitrogen and oxygen atoms in total. The van der Waals surface area contributed by atoms with Gasteiger partial charge in [-0.3, -0.25) is 4.79 Å². The van der Waals surface area contributed by atoms with Crippen LogP contribution in [0.1, 0.15) is 39.6 Å². The Labute approximate surface area is 179 Å². The molecule has 0 saturated carbocycles. The van der Waals surface area contributed by atoms with Crippen LogP contribution in [0.2, 0.25) is 0 Å². The first kappa shape index (κ1) is 19.7. The first-order valence-corrected chi connectivity index (χ1v) is 11.4. The summed E-state index contributed by atoms with van der Waals surface area (Å²) in [6.07, 6.45) is 0. The van der Waals surface area contributed by atoms with E-state index in [4.69, 9.17) is 0 Å². The minimum atomic E-state index is -0.0900. The highest BCUT2D eigenvalue weighted by molar-refractivity contribution is 7.98. The van der Waals surface area contributed by atoms with E-state index in [0.29, 0.717) is 5.56 Å². The van der Waals surface area contributed by atoms with Crippen molar-refractivity contribution >= 4 is 39.8 Å². The summed E-state index contributed by atoms with van der Waals surface area (Å²) in [4.78, 5) is 18.6. The molecule has 4 aromatic rings. The van der Waals surface area contributed by atoms with Crippen LogP contribution in [0.3, 0.4) is 0 Å². The Hall–Kier alpha value is -2.63. The fraction of sp³-hybridized carbons (Fsp3) is 0.167. The number of aromatic nitrogens is 1. The molecule has 0 saturated heterocycles. The zero-order chi connectivity index (χ0) is 20.2. The van der Waals surface area contributed by atoms with Gasteiger partial charge in [-0.25, -0.2) is 4.98 Å². The van der Waals surface area contributed by atoms with Crippen molar-refractivity contribution in [3.05, 3.63) is 93.9 Å². The average Bonchev–Trinajstić information content (AvgIpc) is 3.17. The molecule has 0 aliphatic heterocycles. The van der Waals surface area contributed by atoms with Gasteiger partial charge in [-0.15, -0.1) is 23.1 Å². The van der Waals surface area contributed by atoms with Gasteiger partial charge in [-0.1, -0.05) is 54.6 Å². The predicted octanol–water partition coefficient (Wildman–Crippen LogP) is 6.39. The maximum absolute atomic E-state index is 13.1. The van der Waals surface area contributed by atoms with Crippen molar-refractivity contribution in [2.75, 3.05) is 0 Å². The third-order valence-corrected chi connectivity index (χ3v) is 6.74. The van der Waals surface area contributed by atoms with Crippen LogP contribution in [0.5, 0.6) is 0 Å². The number of fused-ring (bicyclic) bond motifs is 1. The van der Waals surface area contributed by atoms with Crippen LogP contribution in [-0.2, 0) is 5.75 Å². The molecule has 1 unspecified atom stereocenters. The molecule has 4 rings (SSSR count). The van der Waals surface area contributed by atoms with Crippen LogP contribution < -0.4 is 5.32 Å². The van der Waals surface area contributed by atoms with Crippen LogP contribution in [0.15, 0.2) is 77.0 Å². The van der Waals surface area contributed by atoms with E-state index < -0.39 is 0 Å². The van der Waals surface area contributed by atoms with Crippen LogP contribution in [0, 0.1) is 6.92 Å². The van der Waals surface area contributed by atoms with Crippen molar-refractivity contribution < 1.29 is 4.79 Å². The molecule has 0 aliphatic carbocycles. The molecule has 1 amide bonds. The molecule has 3 aromatic carbocycles. The molecule has 1 heterocycles. The maximum Gasteiger partial charge on any atom is 0.252 e. The maximum atomic E-state index is 13.1. The Morgan fingerprint density at radius 2 is 1.83 bits per heavy atom. The van der Waals surface area contributed by atoms with Gasteiger partial charge in [-0.05, 0) is 42.3 Å². The number of nitrogens with zero attached hydrogens (tertiary/aromatic N) is 1. The first-order chi connectivity index (χ1) is 14.1. The molecule has 146 valence electrons. The van der Waals surface area contributed by atoms with Gasteiger partial charge in [0.1, 0.15) is 0 Å². The summed E-state index contributed by atoms with van der Waals surface area (Å²) in [6.45, 7) is 4.04. The molecule has 1 aromatic heterocycles. The number of thiazole rings is 1. The molecule has 0 aliphatic rings. The topological polar surface area (TPSA) is 42.0 Å². The van der Waals surface area contributed by atoms with E-state index in [-0.39, 0.29) is 11.9 Å². The van der Waals surface area contributed by atoms with Gasteiger partial charge < -0.3 is 5.32 Å². The number of nitrogens with one attached hydrogen (secondary N) is 1. The van der Waals surface area contributed by atoms with Crippen molar-refractivity contribution in [1.82, 2.24) is 10.3 Å². The summed E-state index contributed by atoms with van der Waals surface area (Å²) in [5.41, 5.74) is 2.88. The number of benzene rings is 3. The lowest BCUT2D eigenvalue weighted by atomic mass is 9.99. The van der Waals surface area contributed by atoms with Crippen LogP contribution in [-0.4, -0.2) is 10.9 Å². The van der Waals surface area contributed by atoms with E-state index in [9.17, 15) is 4.79 Å². The highest BCUT2D eigenvalue weighted by Gasteiger charge is 2.16. The molecular formula is C24H22N2OS2. The van der Waals surface area contributed by atoms with E-state index in [0.717, 1.165) is 26.9 Å². The molecule has 5 heteroatoms. The summed E-state index contributed by atoms with van der Waals surface area (Å²) in [5, 5.41) is 8.68. The summed E-state index contributed by atoms with van der Waals surface area (Å²) < 4.78 is 0. The van der Waals surface area contributed by atoms with E-state index in [1.807, 2.05) is 56.3 Å². The zero-order valence-corrected chi connectivity index (χ0v) is 18.0. The Morgan fingerprint density at radius 1 is 1.07 bits per heavy atom. The van der Waals surface area contributed by atoms with E-state index >= 15 is 0 Å². The predicted molar refractivity (Wildman–Crippen MR) is 123 cm³/mol.